The Morgan fingerprint density at radius 2 is 1.89 bits per heavy atom. The predicted octanol–water partition coefficient (Wildman–Crippen LogP) is 3.22. The number of fused-ring (bicyclic) bond motifs is 1. The van der Waals surface area contributed by atoms with Crippen molar-refractivity contribution < 1.29 is 17.9 Å². The summed E-state index contributed by atoms with van der Waals surface area (Å²) in [4.78, 5) is 12.9. The van der Waals surface area contributed by atoms with Gasteiger partial charge in [-0.2, -0.15) is 4.31 Å². The monoisotopic (exact) mass is 402 g/mol. The van der Waals surface area contributed by atoms with Gasteiger partial charge in [0, 0.05) is 18.8 Å². The molecule has 0 aliphatic carbocycles. The maximum Gasteiger partial charge on any atom is 0.243 e. The Balaban J connectivity index is 1.79. The molecule has 0 bridgehead atoms. The smallest absolute Gasteiger partial charge is 0.243 e. The van der Waals surface area contributed by atoms with Crippen LogP contribution in [-0.2, 0) is 21.2 Å². The average Bonchev–Trinajstić information content (AvgIpc) is 2.69. The first-order chi connectivity index (χ1) is 13.4. The summed E-state index contributed by atoms with van der Waals surface area (Å²) in [6.07, 6.45) is 0.596. The van der Waals surface area contributed by atoms with Crippen LogP contribution >= 0.6 is 0 Å². The molecular formula is C21H26N2O4S. The highest BCUT2D eigenvalue weighted by Gasteiger charge is 2.27. The van der Waals surface area contributed by atoms with Crippen molar-refractivity contribution in [2.75, 3.05) is 25.0 Å². The van der Waals surface area contributed by atoms with E-state index in [4.69, 9.17) is 4.74 Å². The number of amides is 1. The fourth-order valence-electron chi connectivity index (χ4n) is 3.40. The molecule has 1 atom stereocenters. The van der Waals surface area contributed by atoms with Gasteiger partial charge in [-0.25, -0.2) is 8.42 Å². The third-order valence-electron chi connectivity index (χ3n) is 5.03. The van der Waals surface area contributed by atoms with Gasteiger partial charge in [0.05, 0.1) is 10.8 Å². The summed E-state index contributed by atoms with van der Waals surface area (Å²) in [5.41, 5.74) is 2.13. The topological polar surface area (TPSA) is 75.7 Å². The Morgan fingerprint density at radius 3 is 2.61 bits per heavy atom. The quantitative estimate of drug-likeness (QED) is 0.805. The number of ether oxygens (including phenoxy) is 1. The fourth-order valence-corrected chi connectivity index (χ4v) is 5.11. The van der Waals surface area contributed by atoms with Crippen molar-refractivity contribution in [3.63, 3.8) is 0 Å². The number of carbonyl (C=O) groups excluding carboxylic acids is 1. The maximum absolute atomic E-state index is 12.9. The fraction of sp³-hybridized carbons (Fsp3) is 0.381. The first-order valence-corrected chi connectivity index (χ1v) is 10.9. The van der Waals surface area contributed by atoms with Crippen LogP contribution in [0.1, 0.15) is 25.0 Å². The van der Waals surface area contributed by atoms with Crippen LogP contribution in [0.3, 0.4) is 0 Å². The number of para-hydroxylation sites is 1. The number of sulfonamides is 1. The highest BCUT2D eigenvalue weighted by atomic mass is 32.2. The summed E-state index contributed by atoms with van der Waals surface area (Å²) < 4.78 is 32.9. The van der Waals surface area contributed by atoms with Crippen LogP contribution in [0.15, 0.2) is 47.4 Å². The van der Waals surface area contributed by atoms with Crippen LogP contribution in [0.25, 0.3) is 0 Å². The van der Waals surface area contributed by atoms with Gasteiger partial charge >= 0.3 is 0 Å². The summed E-state index contributed by atoms with van der Waals surface area (Å²) in [5, 5.41) is 2.86. The molecule has 7 heteroatoms. The predicted molar refractivity (Wildman–Crippen MR) is 109 cm³/mol. The van der Waals surface area contributed by atoms with Gasteiger partial charge in [-0.15, -0.1) is 0 Å². The van der Waals surface area contributed by atoms with E-state index in [1.165, 1.54) is 4.31 Å². The van der Waals surface area contributed by atoms with Gasteiger partial charge in [0.15, 0.2) is 0 Å². The highest BCUT2D eigenvalue weighted by molar-refractivity contribution is 7.89. The van der Waals surface area contributed by atoms with Gasteiger partial charge in [-0.05, 0) is 42.7 Å². The highest BCUT2D eigenvalue weighted by Crippen LogP contribution is 2.28. The Labute approximate surface area is 166 Å². The molecule has 1 aliphatic heterocycles. The summed E-state index contributed by atoms with van der Waals surface area (Å²) >= 11 is 0. The van der Waals surface area contributed by atoms with Gasteiger partial charge in [0.1, 0.15) is 12.4 Å². The molecule has 0 radical (unpaired) electrons. The van der Waals surface area contributed by atoms with E-state index in [1.54, 1.807) is 25.1 Å². The molecular weight excluding hydrogens is 376 g/mol. The number of hydrogen-bond donors (Lipinski definition) is 1. The molecule has 1 aliphatic rings. The van der Waals surface area contributed by atoms with Crippen molar-refractivity contribution >= 4 is 21.6 Å². The molecule has 0 fully saturated rings. The lowest BCUT2D eigenvalue weighted by atomic mass is 9.96. The zero-order valence-corrected chi connectivity index (χ0v) is 17.3. The summed E-state index contributed by atoms with van der Waals surface area (Å²) in [5.74, 6) is 0.318. The second-order valence-corrected chi connectivity index (χ2v) is 8.78. The molecule has 3 rings (SSSR count). The van der Waals surface area contributed by atoms with Gasteiger partial charge in [0.25, 0.3) is 0 Å². The van der Waals surface area contributed by atoms with E-state index < -0.39 is 10.0 Å². The zero-order valence-electron chi connectivity index (χ0n) is 16.4. The van der Waals surface area contributed by atoms with Crippen molar-refractivity contribution in [1.29, 1.82) is 0 Å². The Hall–Kier alpha value is -2.38. The van der Waals surface area contributed by atoms with E-state index in [2.05, 4.69) is 5.32 Å². The molecule has 0 aromatic heterocycles. The molecule has 0 saturated carbocycles. The minimum Gasteiger partial charge on any atom is -0.492 e. The van der Waals surface area contributed by atoms with E-state index in [0.29, 0.717) is 37.4 Å². The molecule has 1 amide bonds. The molecule has 6 nitrogen and oxygen atoms in total. The molecule has 2 aromatic rings. The van der Waals surface area contributed by atoms with E-state index in [-0.39, 0.29) is 16.7 Å². The molecule has 1 heterocycles. The number of benzene rings is 2. The van der Waals surface area contributed by atoms with E-state index in [9.17, 15) is 13.2 Å². The lowest BCUT2D eigenvalue weighted by Crippen LogP contribution is -2.33. The van der Waals surface area contributed by atoms with Crippen LogP contribution in [0, 0.1) is 12.8 Å². The third kappa shape index (κ3) is 4.05. The molecule has 0 unspecified atom stereocenters. The molecule has 1 N–H and O–H groups in total. The van der Waals surface area contributed by atoms with Gasteiger partial charge < -0.3 is 10.1 Å². The van der Waals surface area contributed by atoms with E-state index in [0.717, 1.165) is 11.3 Å². The molecule has 0 saturated heterocycles. The maximum atomic E-state index is 12.9. The van der Waals surface area contributed by atoms with Crippen molar-refractivity contribution in [2.24, 2.45) is 5.92 Å². The van der Waals surface area contributed by atoms with Gasteiger partial charge in [-0.3, -0.25) is 4.79 Å². The second-order valence-electron chi connectivity index (χ2n) is 6.88. The average molecular weight is 403 g/mol. The largest absolute Gasteiger partial charge is 0.492 e. The van der Waals surface area contributed by atoms with Crippen LogP contribution in [0.4, 0.5) is 5.69 Å². The number of hydrogen-bond acceptors (Lipinski definition) is 4. The minimum atomic E-state index is -3.60. The normalized spacial score (nSPS) is 16.4. The lowest BCUT2D eigenvalue weighted by Gasteiger charge is -2.25. The standard InChI is InChI=1S/C21H26N2O4S/c1-4-23(5-2)28(25,26)20-13-18(11-10-15(20)3)22-21(24)17-12-16-8-6-7-9-19(16)27-14-17/h6-11,13,17H,4-5,12,14H2,1-3H3,(H,22,24)/t17-/m0/s1. The number of anilines is 1. The van der Waals surface area contributed by atoms with Gasteiger partial charge in [0.2, 0.25) is 15.9 Å². The van der Waals surface area contributed by atoms with E-state index in [1.807, 2.05) is 38.1 Å². The summed E-state index contributed by atoms with van der Waals surface area (Å²) in [6, 6.07) is 12.7. The van der Waals surface area contributed by atoms with Gasteiger partial charge in [-0.1, -0.05) is 38.1 Å². The minimum absolute atomic E-state index is 0.176. The molecule has 2 aromatic carbocycles. The Morgan fingerprint density at radius 1 is 1.18 bits per heavy atom. The van der Waals surface area contributed by atoms with Crippen LogP contribution in [0.2, 0.25) is 0 Å². The van der Waals surface area contributed by atoms with Crippen molar-refractivity contribution in [3.05, 3.63) is 53.6 Å². The zero-order chi connectivity index (χ0) is 20.3. The molecule has 28 heavy (non-hydrogen) atoms. The van der Waals surface area contributed by atoms with Crippen LogP contribution in [0.5, 0.6) is 5.75 Å². The second kappa shape index (κ2) is 8.32. The van der Waals surface area contributed by atoms with E-state index >= 15 is 0 Å². The molecule has 150 valence electrons. The molecule has 0 spiro atoms. The van der Waals surface area contributed by atoms with Crippen molar-refractivity contribution in [2.45, 2.75) is 32.1 Å². The Kier molecular flexibility index (Phi) is 6.05. The third-order valence-corrected chi connectivity index (χ3v) is 7.22. The number of nitrogens with zero attached hydrogens (tertiary/aromatic N) is 1. The van der Waals surface area contributed by atoms with Crippen LogP contribution < -0.4 is 10.1 Å². The summed E-state index contributed by atoms with van der Waals surface area (Å²) in [7, 11) is -3.60. The number of rotatable bonds is 6. The van der Waals surface area contributed by atoms with Crippen LogP contribution in [-0.4, -0.2) is 38.3 Å². The number of aryl methyl sites for hydroxylation is 1. The Bertz CT molecular complexity index is 968. The SMILES string of the molecule is CCN(CC)S(=O)(=O)c1cc(NC(=O)[C@@H]2COc3ccccc3C2)ccc1C. The lowest BCUT2D eigenvalue weighted by molar-refractivity contribution is -0.121. The summed E-state index contributed by atoms with van der Waals surface area (Å²) in [6.45, 7) is 6.47. The number of nitrogens with one attached hydrogen (secondary N) is 1. The first kappa shape index (κ1) is 20.4. The number of carbonyl (C=O) groups is 1. The first-order valence-electron chi connectivity index (χ1n) is 9.49. The van der Waals surface area contributed by atoms with Crippen molar-refractivity contribution in [3.8, 4) is 5.75 Å². The van der Waals surface area contributed by atoms with Crippen molar-refractivity contribution in [1.82, 2.24) is 4.31 Å².